The number of rotatable bonds is 2. The number of benzene rings is 4. The summed E-state index contributed by atoms with van der Waals surface area (Å²) in [6.07, 6.45) is 0. The molecule has 2 aliphatic rings. The van der Waals surface area contributed by atoms with Gasteiger partial charge >= 0.3 is 0 Å². The Bertz CT molecular complexity index is 1310. The Morgan fingerprint density at radius 1 is 0.412 bits per heavy atom. The molecule has 170 valence electrons. The van der Waals surface area contributed by atoms with Gasteiger partial charge in [-0.2, -0.15) is 0 Å². The Kier molecular flexibility index (Phi) is 4.23. The minimum absolute atomic E-state index is 0.0356. The molecule has 4 atom stereocenters. The summed E-state index contributed by atoms with van der Waals surface area (Å²) < 4.78 is 0. The maximum Gasteiger partial charge on any atom is 0.123 e. The summed E-state index contributed by atoms with van der Waals surface area (Å²) in [5.74, 6) is -1.20. The zero-order chi connectivity index (χ0) is 23.7. The van der Waals surface area contributed by atoms with E-state index in [4.69, 9.17) is 0 Å². The quantitative estimate of drug-likeness (QED) is 0.251. The molecule has 34 heavy (non-hydrogen) atoms. The van der Waals surface area contributed by atoms with Gasteiger partial charge in [0.2, 0.25) is 0 Å². The number of hydrogen-bond donors (Lipinski definition) is 6. The smallest absolute Gasteiger partial charge is 0.123 e. The fraction of sp³-hybridized carbons (Fsp3) is 0.143. The molecule has 0 aliphatic heterocycles. The first-order valence-corrected chi connectivity index (χ1v) is 11.0. The molecule has 0 radical (unpaired) electrons. The Balaban J connectivity index is 1.67. The van der Waals surface area contributed by atoms with Gasteiger partial charge in [-0.25, -0.2) is 0 Å². The van der Waals surface area contributed by atoms with Gasteiger partial charge in [0.05, 0.1) is 0 Å². The van der Waals surface area contributed by atoms with Gasteiger partial charge in [0.25, 0.3) is 0 Å². The molecule has 0 aromatic heterocycles. The summed E-state index contributed by atoms with van der Waals surface area (Å²) in [4.78, 5) is 0. The summed E-state index contributed by atoms with van der Waals surface area (Å²) in [6.45, 7) is 0. The van der Waals surface area contributed by atoms with E-state index >= 15 is 0 Å². The van der Waals surface area contributed by atoms with Gasteiger partial charge in [-0.1, -0.05) is 24.3 Å². The lowest BCUT2D eigenvalue weighted by Gasteiger charge is -2.24. The van der Waals surface area contributed by atoms with Crippen LogP contribution in [0.3, 0.4) is 0 Å². The van der Waals surface area contributed by atoms with E-state index in [1.54, 1.807) is 60.7 Å². The molecule has 4 aromatic carbocycles. The lowest BCUT2D eigenvalue weighted by atomic mass is 9.79. The van der Waals surface area contributed by atoms with E-state index in [0.717, 1.165) is 22.3 Å². The van der Waals surface area contributed by atoms with Gasteiger partial charge in [0.15, 0.2) is 0 Å². The molecule has 6 rings (SSSR count). The van der Waals surface area contributed by atoms with Gasteiger partial charge in [0.1, 0.15) is 34.5 Å². The minimum Gasteiger partial charge on any atom is -0.508 e. The SMILES string of the molecule is Oc1ccc([C@@H]2c3cc(O)cc(O)c3[C@@H]3[C@H](c4ccc(O)cc4)c4cc(O)cc(O)c4[C@H]23)cc1. The summed E-state index contributed by atoms with van der Waals surface area (Å²) in [6, 6.07) is 19.5. The van der Waals surface area contributed by atoms with Crippen LogP contribution in [-0.2, 0) is 0 Å². The third kappa shape index (κ3) is 2.81. The molecule has 0 bridgehead atoms. The Hall–Kier alpha value is -4.32. The first-order valence-electron chi connectivity index (χ1n) is 11.0. The zero-order valence-corrected chi connectivity index (χ0v) is 17.9. The van der Waals surface area contributed by atoms with Crippen molar-refractivity contribution in [2.45, 2.75) is 23.7 Å². The van der Waals surface area contributed by atoms with Crippen molar-refractivity contribution in [3.05, 3.63) is 106 Å². The predicted octanol–water partition coefficient (Wildman–Crippen LogP) is 5.08. The second-order valence-electron chi connectivity index (χ2n) is 9.13. The van der Waals surface area contributed by atoms with Gasteiger partial charge in [-0.15, -0.1) is 0 Å². The molecule has 0 saturated carbocycles. The molecule has 4 aromatic rings. The summed E-state index contributed by atoms with van der Waals surface area (Å²) in [5.41, 5.74) is 4.57. The normalized spacial score (nSPS) is 22.2. The van der Waals surface area contributed by atoms with Crippen molar-refractivity contribution >= 4 is 0 Å². The largest absolute Gasteiger partial charge is 0.508 e. The molecule has 0 fully saturated rings. The number of fused-ring (bicyclic) bond motifs is 5. The van der Waals surface area contributed by atoms with Crippen LogP contribution in [0.4, 0.5) is 0 Å². The van der Waals surface area contributed by atoms with Crippen LogP contribution in [0, 0.1) is 0 Å². The summed E-state index contributed by atoms with van der Waals surface area (Å²) >= 11 is 0. The van der Waals surface area contributed by atoms with Gasteiger partial charge in [-0.3, -0.25) is 0 Å². The van der Waals surface area contributed by atoms with Crippen LogP contribution in [0.2, 0.25) is 0 Å². The average molecular weight is 454 g/mol. The van der Waals surface area contributed by atoms with E-state index in [0.29, 0.717) is 11.1 Å². The zero-order valence-electron chi connectivity index (χ0n) is 17.9. The highest BCUT2D eigenvalue weighted by molar-refractivity contribution is 5.68. The van der Waals surface area contributed by atoms with E-state index in [9.17, 15) is 30.6 Å². The number of hydrogen-bond acceptors (Lipinski definition) is 6. The first-order chi connectivity index (χ1) is 16.3. The van der Waals surface area contributed by atoms with E-state index in [2.05, 4.69) is 0 Å². The molecule has 0 amide bonds. The Morgan fingerprint density at radius 2 is 0.765 bits per heavy atom. The second-order valence-corrected chi connectivity index (χ2v) is 9.13. The molecule has 0 saturated heterocycles. The van der Waals surface area contributed by atoms with Crippen molar-refractivity contribution in [2.75, 3.05) is 0 Å². The average Bonchev–Trinajstić information content (AvgIpc) is 3.27. The molecule has 6 nitrogen and oxygen atoms in total. The molecule has 6 N–H and O–H groups in total. The van der Waals surface area contributed by atoms with Crippen molar-refractivity contribution in [2.24, 2.45) is 0 Å². The van der Waals surface area contributed by atoms with Crippen molar-refractivity contribution in [3.8, 4) is 34.5 Å². The van der Waals surface area contributed by atoms with Gasteiger partial charge in [0, 0.05) is 46.9 Å². The van der Waals surface area contributed by atoms with E-state index < -0.39 is 0 Å². The van der Waals surface area contributed by atoms with Crippen molar-refractivity contribution in [3.63, 3.8) is 0 Å². The van der Waals surface area contributed by atoms with Crippen LogP contribution in [0.15, 0.2) is 72.8 Å². The van der Waals surface area contributed by atoms with E-state index in [1.807, 2.05) is 0 Å². The Morgan fingerprint density at radius 3 is 1.12 bits per heavy atom. The number of phenolic OH excluding ortho intramolecular Hbond substituents is 6. The predicted molar refractivity (Wildman–Crippen MR) is 125 cm³/mol. The number of phenols is 6. The minimum atomic E-state index is -0.324. The van der Waals surface area contributed by atoms with Crippen molar-refractivity contribution < 1.29 is 30.6 Å². The van der Waals surface area contributed by atoms with Crippen LogP contribution in [0.5, 0.6) is 34.5 Å². The fourth-order valence-electron chi connectivity index (χ4n) is 6.16. The molecule has 2 aliphatic carbocycles. The topological polar surface area (TPSA) is 121 Å². The summed E-state index contributed by atoms with van der Waals surface area (Å²) in [5, 5.41) is 62.4. The third-order valence-corrected chi connectivity index (χ3v) is 7.30. The van der Waals surface area contributed by atoms with Crippen molar-refractivity contribution in [1.29, 1.82) is 0 Å². The molecule has 0 spiro atoms. The highest BCUT2D eigenvalue weighted by Crippen LogP contribution is 2.69. The van der Waals surface area contributed by atoms with Crippen molar-refractivity contribution in [1.82, 2.24) is 0 Å². The van der Waals surface area contributed by atoms with Gasteiger partial charge < -0.3 is 30.6 Å². The number of aromatic hydroxyl groups is 6. The maximum atomic E-state index is 11.0. The van der Waals surface area contributed by atoms with Crippen LogP contribution >= 0.6 is 0 Å². The Labute approximate surface area is 195 Å². The standard InChI is InChI=1S/C28H22O6/c29-15-5-1-13(2-6-15)23-19-9-17(31)11-21(33)25(19)28-24(14-3-7-16(30)8-4-14)20-10-18(32)12-22(34)26(20)27(23)28/h1-12,23-24,27-34H/t23-,24-,27+,28+/m1/s1. The monoisotopic (exact) mass is 454 g/mol. The third-order valence-electron chi connectivity index (χ3n) is 7.30. The van der Waals surface area contributed by atoms with Gasteiger partial charge in [-0.05, 0) is 58.7 Å². The van der Waals surface area contributed by atoms with Crippen LogP contribution < -0.4 is 0 Å². The van der Waals surface area contributed by atoms with E-state index in [-0.39, 0.29) is 58.2 Å². The highest BCUT2D eigenvalue weighted by Gasteiger charge is 2.54. The van der Waals surface area contributed by atoms with E-state index in [1.165, 1.54) is 12.1 Å². The first kappa shape index (κ1) is 20.3. The molecular formula is C28H22O6. The maximum absolute atomic E-state index is 11.0. The molecule has 6 heteroatoms. The molecular weight excluding hydrogens is 432 g/mol. The highest BCUT2D eigenvalue weighted by atomic mass is 16.3. The van der Waals surface area contributed by atoms with Crippen LogP contribution in [0.25, 0.3) is 0 Å². The van der Waals surface area contributed by atoms with Crippen LogP contribution in [0.1, 0.15) is 57.1 Å². The molecule has 0 unspecified atom stereocenters. The van der Waals surface area contributed by atoms with Crippen LogP contribution in [-0.4, -0.2) is 30.6 Å². The molecule has 0 heterocycles. The summed E-state index contributed by atoms with van der Waals surface area (Å²) in [7, 11) is 0. The lowest BCUT2D eigenvalue weighted by Crippen LogP contribution is -2.10. The fourth-order valence-corrected chi connectivity index (χ4v) is 6.16. The lowest BCUT2D eigenvalue weighted by molar-refractivity contribution is 0.434. The second kappa shape index (κ2) is 7.09.